The maximum absolute atomic E-state index is 12.9. The predicted octanol–water partition coefficient (Wildman–Crippen LogP) is 0.689. The first kappa shape index (κ1) is 29.2. The van der Waals surface area contributed by atoms with Crippen LogP contribution in [0.4, 0.5) is 10.2 Å². The van der Waals surface area contributed by atoms with E-state index in [0.29, 0.717) is 17.9 Å². The third kappa shape index (κ3) is 6.50. The van der Waals surface area contributed by atoms with Crippen LogP contribution in [0.3, 0.4) is 0 Å². The molecule has 0 saturated carbocycles. The van der Waals surface area contributed by atoms with E-state index in [1.54, 1.807) is 26.1 Å². The van der Waals surface area contributed by atoms with Crippen molar-refractivity contribution in [1.82, 2.24) is 24.4 Å². The molecule has 0 bridgehead atoms. The zero-order valence-corrected chi connectivity index (χ0v) is 22.6. The number of amides is 1. The van der Waals surface area contributed by atoms with Crippen molar-refractivity contribution in [1.29, 1.82) is 0 Å². The van der Waals surface area contributed by atoms with Crippen LogP contribution in [0.15, 0.2) is 46.1 Å². The lowest BCUT2D eigenvalue weighted by atomic mass is 10.1. The highest BCUT2D eigenvalue weighted by atomic mass is 32.2. The van der Waals surface area contributed by atoms with E-state index in [4.69, 9.17) is 20.3 Å². The molecule has 13 nitrogen and oxygen atoms in total. The van der Waals surface area contributed by atoms with Crippen molar-refractivity contribution >= 4 is 23.5 Å². The van der Waals surface area contributed by atoms with E-state index >= 15 is 0 Å². The van der Waals surface area contributed by atoms with E-state index in [1.807, 2.05) is 0 Å². The fraction of sp³-hybridized carbons (Fsp3) is 0.400. The number of carbonyl (C=O) groups is 1. The molecule has 0 unspecified atom stereocenters. The quantitative estimate of drug-likeness (QED) is 0.335. The first-order valence-corrected chi connectivity index (χ1v) is 13.3. The lowest BCUT2D eigenvalue weighted by Crippen LogP contribution is -2.42. The summed E-state index contributed by atoms with van der Waals surface area (Å²) in [5, 5.41) is 21.5. The molecule has 2 aliphatic rings. The average molecular weight is 577 g/mol. The summed E-state index contributed by atoms with van der Waals surface area (Å²) < 4.78 is 26.6. The van der Waals surface area contributed by atoms with E-state index in [2.05, 4.69) is 15.3 Å². The summed E-state index contributed by atoms with van der Waals surface area (Å²) in [5.74, 6) is -0.660. The Hall–Kier alpha value is -3.79. The molecule has 0 spiro atoms. The normalized spacial score (nSPS) is 19.3. The molecule has 40 heavy (non-hydrogen) atoms. The lowest BCUT2D eigenvalue weighted by molar-refractivity contribution is -0.0566. The number of carbonyl (C=O) groups excluding carboxylic acids is 1. The molecule has 2 aromatic heterocycles. The first-order valence-electron chi connectivity index (χ1n) is 12.2. The molecule has 0 radical (unpaired) electrons. The zero-order chi connectivity index (χ0) is 29.0. The molecular formula is C25H29FN6O7S. The van der Waals surface area contributed by atoms with Gasteiger partial charge in [-0.25, -0.2) is 14.2 Å². The number of nitrogen functional groups attached to an aromatic ring is 1. The number of nitrogens with zero attached hydrogens (tertiary/aromatic N) is 4. The Morgan fingerprint density at radius 2 is 1.98 bits per heavy atom. The fourth-order valence-electron chi connectivity index (χ4n) is 4.02. The number of hydrogen-bond acceptors (Lipinski definition) is 11. The number of nitrogens with one attached hydrogen (secondary N) is 1. The Labute approximate surface area is 231 Å². The van der Waals surface area contributed by atoms with Crippen LogP contribution in [0.2, 0.25) is 0 Å². The molecule has 5 rings (SSSR count). The molecule has 5 N–H and O–H groups in total. The second-order valence-electron chi connectivity index (χ2n) is 9.34. The molecule has 2 aliphatic heterocycles. The third-order valence-corrected chi connectivity index (χ3v) is 7.20. The summed E-state index contributed by atoms with van der Waals surface area (Å²) in [6.45, 7) is 4.10. The molecule has 3 aromatic rings. The summed E-state index contributed by atoms with van der Waals surface area (Å²) in [6.07, 6.45) is 1.18. The van der Waals surface area contributed by atoms with Crippen LogP contribution in [-0.4, -0.2) is 59.6 Å². The number of benzene rings is 1. The number of halogens is 1. The van der Waals surface area contributed by atoms with Gasteiger partial charge >= 0.3 is 5.69 Å². The Balaban J connectivity index is 0.000000210. The molecule has 1 aromatic carbocycles. The van der Waals surface area contributed by atoms with Crippen molar-refractivity contribution in [3.05, 3.63) is 80.3 Å². The lowest BCUT2D eigenvalue weighted by Gasteiger charge is -2.32. The van der Waals surface area contributed by atoms with Gasteiger partial charge in [-0.1, -0.05) is 12.1 Å². The number of thioether (sulfide) groups is 1. The van der Waals surface area contributed by atoms with Gasteiger partial charge in [0.15, 0.2) is 5.69 Å². The number of ether oxygens (including phenoxy) is 2. The van der Waals surface area contributed by atoms with Gasteiger partial charge in [0.25, 0.3) is 11.5 Å². The van der Waals surface area contributed by atoms with Gasteiger partial charge in [-0.05, 0) is 37.6 Å². The number of aromatic hydroxyl groups is 1. The monoisotopic (exact) mass is 576 g/mol. The fourth-order valence-corrected chi connectivity index (χ4v) is 4.96. The largest absolute Gasteiger partial charge is 0.501 e. The Kier molecular flexibility index (Phi) is 8.88. The summed E-state index contributed by atoms with van der Waals surface area (Å²) in [5.41, 5.74) is 3.47. The smallest absolute Gasteiger partial charge is 0.351 e. The molecule has 0 aliphatic carbocycles. The SMILES string of the molecule is CC1(C)OCCn2c1nc(C(=O)NCc1ccc(F)cc1)c(O)c2=O.Nc1ccn([C@@H]2CS[C@H](CO)O2)c(=O)n1. The Bertz CT molecular complexity index is 1490. The second kappa shape index (κ2) is 12.2. The molecule has 4 heterocycles. The second-order valence-corrected chi connectivity index (χ2v) is 10.5. The molecule has 1 saturated heterocycles. The summed E-state index contributed by atoms with van der Waals surface area (Å²) >= 11 is 1.47. The molecule has 2 atom stereocenters. The molecular weight excluding hydrogens is 547 g/mol. The van der Waals surface area contributed by atoms with Crippen molar-refractivity contribution in [2.75, 3.05) is 24.7 Å². The number of aromatic nitrogens is 4. The highest BCUT2D eigenvalue weighted by molar-refractivity contribution is 8.00. The number of anilines is 1. The number of aliphatic hydroxyl groups excluding tert-OH is 1. The van der Waals surface area contributed by atoms with E-state index in [9.17, 15) is 23.9 Å². The number of hydrogen-bond donors (Lipinski definition) is 4. The van der Waals surface area contributed by atoms with Gasteiger partial charge in [0.05, 0.1) is 19.8 Å². The first-order chi connectivity index (χ1) is 19.0. The zero-order valence-electron chi connectivity index (χ0n) is 21.7. The standard InChI is InChI=1S/C17H18FN3O4.C8H11N3O3S/c1-17(2)16-20-12(13(22)15(24)21(16)7-8-25-17)14(23)19-9-10-3-5-11(18)6-4-10;9-5-1-2-11(8(13)10-5)6-4-15-7(3-12)14-6/h3-6,22H,7-9H2,1-2H3,(H,19,23);1-2,6-7,12H,3-4H2,(H2,9,10,13)/t;6-,7+/m.0/s1. The van der Waals surface area contributed by atoms with Crippen molar-refractivity contribution in [3.8, 4) is 5.75 Å². The third-order valence-electron chi connectivity index (χ3n) is 6.09. The minimum absolute atomic E-state index is 0.0572. The van der Waals surface area contributed by atoms with Crippen molar-refractivity contribution in [3.63, 3.8) is 0 Å². The summed E-state index contributed by atoms with van der Waals surface area (Å²) in [4.78, 5) is 43.9. The van der Waals surface area contributed by atoms with Crippen molar-refractivity contribution in [2.24, 2.45) is 0 Å². The van der Waals surface area contributed by atoms with Crippen LogP contribution in [0, 0.1) is 5.82 Å². The van der Waals surface area contributed by atoms with Gasteiger partial charge in [0.2, 0.25) is 5.75 Å². The maximum Gasteiger partial charge on any atom is 0.351 e. The molecule has 214 valence electrons. The maximum atomic E-state index is 12.9. The highest BCUT2D eigenvalue weighted by Crippen LogP contribution is 2.30. The molecule has 1 fully saturated rings. The van der Waals surface area contributed by atoms with E-state index in [1.165, 1.54) is 45.2 Å². The number of aliphatic hydroxyl groups is 1. The van der Waals surface area contributed by atoms with Crippen LogP contribution < -0.4 is 22.3 Å². The van der Waals surface area contributed by atoms with Crippen LogP contribution in [0.25, 0.3) is 0 Å². The van der Waals surface area contributed by atoms with Gasteiger partial charge in [0, 0.05) is 18.5 Å². The van der Waals surface area contributed by atoms with Crippen molar-refractivity contribution in [2.45, 2.75) is 44.2 Å². The average Bonchev–Trinajstić information content (AvgIpc) is 3.40. The Morgan fingerprint density at radius 3 is 2.62 bits per heavy atom. The van der Waals surface area contributed by atoms with Crippen LogP contribution >= 0.6 is 11.8 Å². The minimum atomic E-state index is -0.850. The highest BCUT2D eigenvalue weighted by Gasteiger charge is 2.34. The topological polar surface area (TPSA) is 184 Å². The summed E-state index contributed by atoms with van der Waals surface area (Å²) in [6, 6.07) is 7.16. The minimum Gasteiger partial charge on any atom is -0.501 e. The van der Waals surface area contributed by atoms with Crippen molar-refractivity contribution < 1.29 is 28.9 Å². The van der Waals surface area contributed by atoms with Crippen LogP contribution in [0.5, 0.6) is 5.75 Å². The number of fused-ring (bicyclic) bond motifs is 1. The number of nitrogens with two attached hydrogens (primary N) is 1. The van der Waals surface area contributed by atoms with Gasteiger partial charge in [-0.3, -0.25) is 18.7 Å². The van der Waals surface area contributed by atoms with Gasteiger partial charge in [0.1, 0.15) is 34.7 Å². The molecule has 15 heteroatoms. The van der Waals surface area contributed by atoms with Gasteiger partial charge in [-0.15, -0.1) is 11.8 Å². The van der Waals surface area contributed by atoms with E-state index in [0.717, 1.165) is 0 Å². The van der Waals surface area contributed by atoms with E-state index < -0.39 is 28.5 Å². The van der Waals surface area contributed by atoms with Crippen LogP contribution in [-0.2, 0) is 28.2 Å². The predicted molar refractivity (Wildman–Crippen MR) is 143 cm³/mol. The van der Waals surface area contributed by atoms with Gasteiger partial charge < -0.3 is 30.7 Å². The van der Waals surface area contributed by atoms with Crippen LogP contribution in [0.1, 0.15) is 42.0 Å². The Morgan fingerprint density at radius 1 is 1.25 bits per heavy atom. The molecule has 1 amide bonds. The van der Waals surface area contributed by atoms with Gasteiger partial charge in [-0.2, -0.15) is 4.98 Å². The number of rotatable bonds is 5. The summed E-state index contributed by atoms with van der Waals surface area (Å²) in [7, 11) is 0. The van der Waals surface area contributed by atoms with E-state index in [-0.39, 0.29) is 54.5 Å².